The summed E-state index contributed by atoms with van der Waals surface area (Å²) in [6.45, 7) is 0. The summed E-state index contributed by atoms with van der Waals surface area (Å²) in [7, 11) is 0. The van der Waals surface area contributed by atoms with E-state index in [0.717, 1.165) is 0 Å². The van der Waals surface area contributed by atoms with Crippen molar-refractivity contribution < 1.29 is 0 Å². The van der Waals surface area contributed by atoms with Crippen LogP contribution in [0.3, 0.4) is 0 Å². The Balaban J connectivity index is 3.14. The minimum atomic E-state index is 0.132. The minimum Gasteiger partial charge on any atom is -0.378 e. The summed E-state index contributed by atoms with van der Waals surface area (Å²) in [5, 5.41) is 8.57. The van der Waals surface area contributed by atoms with E-state index in [1.165, 1.54) is 11.8 Å². The second-order valence-electron chi connectivity index (χ2n) is 0.744. The van der Waals surface area contributed by atoms with Crippen LogP contribution in [0.4, 0.5) is 0 Å². The molecule has 0 bridgehead atoms. The molecule has 0 spiro atoms. The summed E-state index contributed by atoms with van der Waals surface area (Å²) in [6.07, 6.45) is 0. The minimum absolute atomic E-state index is 0.132. The van der Waals surface area contributed by atoms with Crippen LogP contribution in [-0.4, -0.2) is 5.17 Å². The van der Waals surface area contributed by atoms with Crippen molar-refractivity contribution in [3.05, 3.63) is 9.49 Å². The van der Waals surface area contributed by atoms with Gasteiger partial charge >= 0.3 is 0 Å². The largest absolute Gasteiger partial charge is 0.378 e. The highest BCUT2D eigenvalue weighted by Crippen LogP contribution is 2.00. The van der Waals surface area contributed by atoms with Gasteiger partial charge in [0, 0.05) is 0 Å². The maximum Gasteiger partial charge on any atom is 0.155 e. The Morgan fingerprint density at radius 3 is 2.57 bits per heavy atom. The molecule has 0 atom stereocenters. The lowest BCUT2D eigenvalue weighted by atomic mass is 11.3. The summed E-state index contributed by atoms with van der Waals surface area (Å²) in [6, 6.07) is 0. The number of hydrogen-bond donors (Lipinski definition) is 2. The first-order chi connectivity index (χ1) is 3.27. The number of rotatable bonds is 1. The molecule has 0 saturated heterocycles. The van der Waals surface area contributed by atoms with Gasteiger partial charge in [-0.3, -0.25) is 5.41 Å². The van der Waals surface area contributed by atoms with Crippen molar-refractivity contribution in [2.45, 2.75) is 0 Å². The van der Waals surface area contributed by atoms with E-state index in [2.05, 4.69) is 22.6 Å². The first kappa shape index (κ1) is 7.29. The van der Waals surface area contributed by atoms with Gasteiger partial charge in [0.2, 0.25) is 0 Å². The van der Waals surface area contributed by atoms with Crippen molar-refractivity contribution in [2.24, 2.45) is 5.73 Å². The van der Waals surface area contributed by atoms with Gasteiger partial charge in [0.15, 0.2) is 5.17 Å². The van der Waals surface area contributed by atoms with Crippen molar-refractivity contribution in [1.29, 1.82) is 5.41 Å². The van der Waals surface area contributed by atoms with Crippen molar-refractivity contribution in [2.75, 3.05) is 0 Å². The van der Waals surface area contributed by atoms with Crippen LogP contribution in [0.2, 0.25) is 0 Å². The molecule has 7 heavy (non-hydrogen) atoms. The van der Waals surface area contributed by atoms with Crippen LogP contribution < -0.4 is 5.73 Å². The Bertz CT molecular complexity index is 90.9. The zero-order valence-electron chi connectivity index (χ0n) is 3.52. The fourth-order valence-corrected chi connectivity index (χ4v) is 0.737. The van der Waals surface area contributed by atoms with Gasteiger partial charge in [-0.15, -0.1) is 0 Å². The Morgan fingerprint density at radius 1 is 1.86 bits per heavy atom. The van der Waals surface area contributed by atoms with Crippen LogP contribution in [0.1, 0.15) is 0 Å². The zero-order chi connectivity index (χ0) is 5.70. The number of thioether (sulfide) groups is 1. The Hall–Kier alpha value is 0.290. The summed E-state index contributed by atoms with van der Waals surface area (Å²) < 4.78 is 1.81. The van der Waals surface area contributed by atoms with E-state index in [-0.39, 0.29) is 5.17 Å². The van der Waals surface area contributed by atoms with E-state index >= 15 is 0 Å². The van der Waals surface area contributed by atoms with Crippen molar-refractivity contribution >= 4 is 39.5 Å². The van der Waals surface area contributed by atoms with Crippen molar-refractivity contribution in [1.82, 2.24) is 0 Å². The summed E-state index contributed by atoms with van der Waals surface area (Å²) in [5.74, 6) is 0. The lowest BCUT2D eigenvalue weighted by molar-refractivity contribution is 1.51. The van der Waals surface area contributed by atoms with Crippen LogP contribution in [0.15, 0.2) is 9.49 Å². The van der Waals surface area contributed by atoms with Crippen LogP contribution in [0.25, 0.3) is 0 Å². The summed E-state index contributed by atoms with van der Waals surface area (Å²) >= 11 is 3.27. The van der Waals surface area contributed by atoms with Crippen LogP contribution in [0.5, 0.6) is 0 Å². The molecule has 0 aliphatic rings. The second-order valence-corrected chi connectivity index (χ2v) is 2.41. The Morgan fingerprint density at radius 2 is 2.43 bits per heavy atom. The molecule has 0 aliphatic carbocycles. The predicted octanol–water partition coefficient (Wildman–Crippen LogP) is 1.52. The van der Waals surface area contributed by atoms with E-state index in [4.69, 9.17) is 11.1 Å². The Kier molecular flexibility index (Phi) is 4.63. The highest BCUT2D eigenvalue weighted by molar-refractivity contribution is 14.1. The molecule has 0 fully saturated rings. The van der Waals surface area contributed by atoms with Gasteiger partial charge in [-0.25, -0.2) is 0 Å². The van der Waals surface area contributed by atoms with E-state index < -0.39 is 0 Å². The lowest BCUT2D eigenvalue weighted by Gasteiger charge is -1.82. The molecule has 0 aliphatic heterocycles. The third-order valence-electron chi connectivity index (χ3n) is 0.246. The molecule has 0 unspecified atom stereocenters. The van der Waals surface area contributed by atoms with Gasteiger partial charge < -0.3 is 5.73 Å². The normalized spacial score (nSPS) is 9.86. The van der Waals surface area contributed by atoms with Gasteiger partial charge in [-0.1, -0.05) is 34.4 Å². The highest BCUT2D eigenvalue weighted by atomic mass is 127. The first-order valence-corrected chi connectivity index (χ1v) is 3.66. The molecule has 0 aromatic rings. The van der Waals surface area contributed by atoms with E-state index in [1.54, 1.807) is 5.41 Å². The van der Waals surface area contributed by atoms with Crippen LogP contribution in [0, 0.1) is 5.41 Å². The van der Waals surface area contributed by atoms with Gasteiger partial charge in [0.05, 0.1) is 0 Å². The predicted molar refractivity (Wildman–Crippen MR) is 42.7 cm³/mol. The monoisotopic (exact) mass is 228 g/mol. The average Bonchev–Trinajstić information content (AvgIpc) is 1.61. The molecule has 0 radical (unpaired) electrons. The third kappa shape index (κ3) is 6.29. The van der Waals surface area contributed by atoms with Crippen LogP contribution >= 0.6 is 34.4 Å². The maximum atomic E-state index is 6.68. The molecule has 0 rings (SSSR count). The van der Waals surface area contributed by atoms with E-state index in [1.807, 2.05) is 4.08 Å². The maximum absolute atomic E-state index is 6.68. The number of nitrogens with one attached hydrogen (secondary N) is 1. The van der Waals surface area contributed by atoms with E-state index in [9.17, 15) is 0 Å². The van der Waals surface area contributed by atoms with Crippen molar-refractivity contribution in [3.8, 4) is 0 Å². The standard InChI is InChI=1S/C3H5IN2S/c4-1-2-7-3(5)6/h1-2H,(H3,5,6)/b2-1-. The molecule has 0 aromatic carbocycles. The zero-order valence-corrected chi connectivity index (χ0v) is 6.49. The molecule has 0 amide bonds. The molecule has 0 heterocycles. The smallest absolute Gasteiger partial charge is 0.155 e. The topological polar surface area (TPSA) is 49.9 Å². The quantitative estimate of drug-likeness (QED) is 0.406. The number of hydrogen-bond acceptors (Lipinski definition) is 2. The van der Waals surface area contributed by atoms with Gasteiger partial charge in [0.25, 0.3) is 0 Å². The SMILES string of the molecule is N=C(N)S/C=C\I. The summed E-state index contributed by atoms with van der Waals surface area (Å²) in [4.78, 5) is 0. The fourth-order valence-electron chi connectivity index (χ4n) is 0.0990. The molecule has 2 nitrogen and oxygen atoms in total. The molecular weight excluding hydrogens is 223 g/mol. The number of amidine groups is 1. The van der Waals surface area contributed by atoms with Crippen LogP contribution in [-0.2, 0) is 0 Å². The van der Waals surface area contributed by atoms with E-state index in [0.29, 0.717) is 0 Å². The van der Waals surface area contributed by atoms with Gasteiger partial charge in [-0.2, -0.15) is 0 Å². The fraction of sp³-hybridized carbons (Fsp3) is 0. The Labute approximate surface area is 60.2 Å². The van der Waals surface area contributed by atoms with Gasteiger partial charge in [0.1, 0.15) is 0 Å². The lowest BCUT2D eigenvalue weighted by Crippen LogP contribution is -2.00. The van der Waals surface area contributed by atoms with Gasteiger partial charge in [-0.05, 0) is 9.49 Å². The first-order valence-electron chi connectivity index (χ1n) is 1.53. The number of nitrogens with two attached hydrogens (primary N) is 1. The molecule has 3 N–H and O–H groups in total. The molecule has 40 valence electrons. The van der Waals surface area contributed by atoms with Crippen molar-refractivity contribution in [3.63, 3.8) is 0 Å². The molecule has 0 saturated carbocycles. The average molecular weight is 228 g/mol. The third-order valence-corrected chi connectivity index (χ3v) is 1.62. The number of halogens is 1. The highest BCUT2D eigenvalue weighted by Gasteiger charge is 1.77. The molecule has 4 heteroatoms. The second kappa shape index (κ2) is 4.45. The summed E-state index contributed by atoms with van der Waals surface area (Å²) in [5.41, 5.74) is 4.97. The molecule has 0 aromatic heterocycles. The molecular formula is C3H5IN2S.